The number of aromatic nitrogens is 1. The summed E-state index contributed by atoms with van der Waals surface area (Å²) in [5.74, 6) is 0.758. The smallest absolute Gasteiger partial charge is 0.146 e. The SMILES string of the molecule is CCCCCCC(=Cc1ccccc1)/C=N/Nc1ccccn1. The van der Waals surface area contributed by atoms with Crippen LogP contribution in [-0.4, -0.2) is 11.2 Å². The van der Waals surface area contributed by atoms with Crippen LogP contribution in [0.3, 0.4) is 0 Å². The quantitative estimate of drug-likeness (QED) is 0.375. The summed E-state index contributed by atoms with van der Waals surface area (Å²) in [6.07, 6.45) is 11.9. The minimum absolute atomic E-state index is 0.758. The van der Waals surface area contributed by atoms with Crippen molar-refractivity contribution in [2.45, 2.75) is 39.0 Å². The van der Waals surface area contributed by atoms with Crippen molar-refractivity contribution >= 4 is 18.1 Å². The normalized spacial score (nSPS) is 11.8. The van der Waals surface area contributed by atoms with Gasteiger partial charge in [-0.3, -0.25) is 5.43 Å². The molecule has 0 fully saturated rings. The molecular weight excluding hydrogens is 282 g/mol. The summed E-state index contributed by atoms with van der Waals surface area (Å²) < 4.78 is 0. The van der Waals surface area contributed by atoms with E-state index in [-0.39, 0.29) is 0 Å². The molecule has 2 rings (SSSR count). The molecule has 0 aliphatic carbocycles. The van der Waals surface area contributed by atoms with Gasteiger partial charge in [0.15, 0.2) is 0 Å². The Morgan fingerprint density at radius 1 is 1.04 bits per heavy atom. The van der Waals surface area contributed by atoms with Gasteiger partial charge in [0.05, 0.1) is 6.21 Å². The number of hydrogen-bond acceptors (Lipinski definition) is 3. The Labute approximate surface area is 139 Å². The number of unbranched alkanes of at least 4 members (excludes halogenated alkanes) is 3. The highest BCUT2D eigenvalue weighted by Gasteiger charge is 1.97. The highest BCUT2D eigenvalue weighted by Crippen LogP contribution is 2.13. The molecule has 1 N–H and O–H groups in total. The molecule has 3 nitrogen and oxygen atoms in total. The van der Waals surface area contributed by atoms with E-state index in [1.165, 1.54) is 36.8 Å². The number of nitrogens with one attached hydrogen (secondary N) is 1. The second-order valence-corrected chi connectivity index (χ2v) is 5.53. The maximum atomic E-state index is 4.33. The average Bonchev–Trinajstić information content (AvgIpc) is 2.60. The Morgan fingerprint density at radius 2 is 1.87 bits per heavy atom. The van der Waals surface area contributed by atoms with E-state index in [1.54, 1.807) is 6.20 Å². The number of hydrazone groups is 1. The van der Waals surface area contributed by atoms with Gasteiger partial charge in [-0.05, 0) is 36.1 Å². The molecule has 0 saturated carbocycles. The van der Waals surface area contributed by atoms with E-state index >= 15 is 0 Å². The van der Waals surface area contributed by atoms with Crippen molar-refractivity contribution < 1.29 is 0 Å². The predicted octanol–water partition coefficient (Wildman–Crippen LogP) is 5.53. The average molecular weight is 307 g/mol. The molecule has 0 atom stereocenters. The van der Waals surface area contributed by atoms with Gasteiger partial charge in [-0.2, -0.15) is 5.10 Å². The van der Waals surface area contributed by atoms with Crippen LogP contribution in [0.5, 0.6) is 0 Å². The van der Waals surface area contributed by atoms with Gasteiger partial charge in [0.25, 0.3) is 0 Å². The molecule has 2 aromatic rings. The van der Waals surface area contributed by atoms with Crippen molar-refractivity contribution in [3.05, 3.63) is 65.9 Å². The Balaban J connectivity index is 1.99. The van der Waals surface area contributed by atoms with Gasteiger partial charge in [-0.25, -0.2) is 4.98 Å². The monoisotopic (exact) mass is 307 g/mol. The molecule has 0 saturated heterocycles. The van der Waals surface area contributed by atoms with E-state index in [0.29, 0.717) is 0 Å². The minimum Gasteiger partial charge on any atom is -0.261 e. The van der Waals surface area contributed by atoms with Gasteiger partial charge in [0, 0.05) is 6.20 Å². The van der Waals surface area contributed by atoms with E-state index in [0.717, 1.165) is 12.2 Å². The third-order valence-electron chi connectivity index (χ3n) is 3.55. The molecule has 0 bridgehead atoms. The molecule has 3 heteroatoms. The molecule has 1 aromatic heterocycles. The predicted molar refractivity (Wildman–Crippen MR) is 99.5 cm³/mol. The Kier molecular flexibility index (Phi) is 7.61. The van der Waals surface area contributed by atoms with Crippen LogP contribution in [0.25, 0.3) is 6.08 Å². The standard InChI is InChI=1S/C20H25N3/c1-2-3-4-6-13-19(16-18-11-7-5-8-12-18)17-22-23-20-14-9-10-15-21-20/h5,7-12,14-17H,2-4,6,13H2,1H3,(H,21,23)/b19-16?,22-17+. The molecular formula is C20H25N3. The molecule has 1 aromatic carbocycles. The molecule has 23 heavy (non-hydrogen) atoms. The number of pyridine rings is 1. The van der Waals surface area contributed by atoms with Gasteiger partial charge >= 0.3 is 0 Å². The zero-order valence-corrected chi connectivity index (χ0v) is 13.8. The molecule has 0 aliphatic heterocycles. The van der Waals surface area contributed by atoms with E-state index < -0.39 is 0 Å². The van der Waals surface area contributed by atoms with E-state index in [4.69, 9.17) is 0 Å². The van der Waals surface area contributed by atoms with Crippen molar-refractivity contribution in [2.75, 3.05) is 5.43 Å². The summed E-state index contributed by atoms with van der Waals surface area (Å²) in [6.45, 7) is 2.24. The topological polar surface area (TPSA) is 37.3 Å². The highest BCUT2D eigenvalue weighted by atomic mass is 15.3. The minimum atomic E-state index is 0.758. The van der Waals surface area contributed by atoms with E-state index in [9.17, 15) is 0 Å². The number of anilines is 1. The lowest BCUT2D eigenvalue weighted by atomic mass is 10.0. The lowest BCUT2D eigenvalue weighted by molar-refractivity contribution is 0.671. The third kappa shape index (κ3) is 6.92. The Bertz CT molecular complexity index is 603. The van der Waals surface area contributed by atoms with Gasteiger partial charge in [-0.15, -0.1) is 0 Å². The van der Waals surface area contributed by atoms with Crippen molar-refractivity contribution in [3.63, 3.8) is 0 Å². The van der Waals surface area contributed by atoms with Crippen molar-refractivity contribution in [1.29, 1.82) is 0 Å². The van der Waals surface area contributed by atoms with Gasteiger partial charge in [0.1, 0.15) is 5.82 Å². The highest BCUT2D eigenvalue weighted by molar-refractivity contribution is 5.85. The van der Waals surface area contributed by atoms with Crippen LogP contribution in [0, 0.1) is 0 Å². The van der Waals surface area contributed by atoms with Crippen LogP contribution in [0.2, 0.25) is 0 Å². The van der Waals surface area contributed by atoms with Crippen LogP contribution in [0.4, 0.5) is 5.82 Å². The molecule has 0 unspecified atom stereocenters. The second kappa shape index (κ2) is 10.3. The van der Waals surface area contributed by atoms with Crippen molar-refractivity contribution in [1.82, 2.24) is 4.98 Å². The summed E-state index contributed by atoms with van der Waals surface area (Å²) in [4.78, 5) is 4.20. The molecule has 0 amide bonds. The zero-order valence-electron chi connectivity index (χ0n) is 13.8. The zero-order chi connectivity index (χ0) is 16.2. The third-order valence-corrected chi connectivity index (χ3v) is 3.55. The number of rotatable bonds is 9. The molecule has 0 spiro atoms. The van der Waals surface area contributed by atoms with Gasteiger partial charge < -0.3 is 0 Å². The largest absolute Gasteiger partial charge is 0.261 e. The molecule has 1 heterocycles. The molecule has 0 aliphatic rings. The van der Waals surface area contributed by atoms with Crippen LogP contribution in [-0.2, 0) is 0 Å². The first-order valence-corrected chi connectivity index (χ1v) is 8.34. The van der Waals surface area contributed by atoms with Crippen LogP contribution >= 0.6 is 0 Å². The Hall–Kier alpha value is -2.42. The van der Waals surface area contributed by atoms with Crippen LogP contribution in [0.15, 0.2) is 65.4 Å². The molecule has 120 valence electrons. The summed E-state index contributed by atoms with van der Waals surface area (Å²) in [7, 11) is 0. The summed E-state index contributed by atoms with van der Waals surface area (Å²) >= 11 is 0. The second-order valence-electron chi connectivity index (χ2n) is 5.53. The lowest BCUT2D eigenvalue weighted by Crippen LogP contribution is -1.94. The summed E-state index contributed by atoms with van der Waals surface area (Å²) in [5, 5.41) is 4.33. The summed E-state index contributed by atoms with van der Waals surface area (Å²) in [5.41, 5.74) is 5.42. The first-order valence-electron chi connectivity index (χ1n) is 8.34. The fraction of sp³-hybridized carbons (Fsp3) is 0.300. The van der Waals surface area contributed by atoms with E-state index in [1.807, 2.05) is 30.5 Å². The lowest BCUT2D eigenvalue weighted by Gasteiger charge is -2.04. The van der Waals surface area contributed by atoms with Gasteiger partial charge in [-0.1, -0.05) is 68.7 Å². The van der Waals surface area contributed by atoms with Crippen LogP contribution < -0.4 is 5.43 Å². The summed E-state index contributed by atoms with van der Waals surface area (Å²) in [6, 6.07) is 16.1. The van der Waals surface area contributed by atoms with Crippen molar-refractivity contribution in [2.24, 2.45) is 5.10 Å². The maximum Gasteiger partial charge on any atom is 0.146 e. The molecule has 0 radical (unpaired) electrons. The maximum absolute atomic E-state index is 4.33. The number of nitrogens with zero attached hydrogens (tertiary/aromatic N) is 2. The number of hydrogen-bond donors (Lipinski definition) is 1. The number of benzene rings is 1. The fourth-order valence-electron chi connectivity index (χ4n) is 2.30. The number of allylic oxidation sites excluding steroid dienone is 1. The van der Waals surface area contributed by atoms with Crippen molar-refractivity contribution in [3.8, 4) is 0 Å². The fourth-order valence-corrected chi connectivity index (χ4v) is 2.30. The van der Waals surface area contributed by atoms with Gasteiger partial charge in [0.2, 0.25) is 0 Å². The van der Waals surface area contributed by atoms with E-state index in [2.05, 4.69) is 52.8 Å². The first-order chi connectivity index (χ1) is 11.4. The van der Waals surface area contributed by atoms with Crippen LogP contribution in [0.1, 0.15) is 44.6 Å². The Morgan fingerprint density at radius 3 is 2.61 bits per heavy atom. The first kappa shape index (κ1) is 16.9.